The Morgan fingerprint density at radius 3 is 3.30 bits per heavy atom. The molecule has 7 heteroatoms. The maximum Gasteiger partial charge on any atom is 0.159 e. The number of nitrogens with zero attached hydrogens (tertiary/aromatic N) is 2. The molecule has 0 spiro atoms. The van der Waals surface area contributed by atoms with Crippen LogP contribution in [0.1, 0.15) is 0 Å². The van der Waals surface area contributed by atoms with Gasteiger partial charge in [-0.2, -0.15) is 4.52 Å². The smallest absolute Gasteiger partial charge is 0.159 e. The SMILES string of the molecule is C1OC1CP1N=PN=PN1. The first kappa shape index (κ1) is 7.21. The van der Waals surface area contributed by atoms with Gasteiger partial charge in [-0.3, -0.25) is 0 Å². The average molecular weight is 193 g/mol. The largest absolute Gasteiger partial charge is 0.373 e. The van der Waals surface area contributed by atoms with E-state index in [1.807, 2.05) is 0 Å². The van der Waals surface area contributed by atoms with Crippen LogP contribution in [0, 0.1) is 0 Å². The van der Waals surface area contributed by atoms with Crippen LogP contribution in [0.4, 0.5) is 0 Å². The van der Waals surface area contributed by atoms with E-state index in [1.165, 1.54) is 0 Å². The Labute approximate surface area is 63.5 Å². The quantitative estimate of drug-likeness (QED) is 0.540. The number of rotatable bonds is 2. The van der Waals surface area contributed by atoms with Gasteiger partial charge < -0.3 is 4.74 Å². The van der Waals surface area contributed by atoms with Gasteiger partial charge in [-0.05, 0) is 0 Å². The van der Waals surface area contributed by atoms with E-state index in [4.69, 9.17) is 4.74 Å². The van der Waals surface area contributed by atoms with Crippen molar-refractivity contribution < 1.29 is 4.74 Å². The Kier molecular flexibility index (Phi) is 2.38. The zero-order valence-corrected chi connectivity index (χ0v) is 7.82. The second-order valence-electron chi connectivity index (χ2n) is 2.01. The molecule has 10 heavy (non-hydrogen) atoms. The molecule has 0 amide bonds. The van der Waals surface area contributed by atoms with Crippen molar-refractivity contribution in [1.82, 2.24) is 4.86 Å². The molecular weight excluding hydrogens is 187 g/mol. The lowest BCUT2D eigenvalue weighted by molar-refractivity contribution is 0.425. The Bertz CT molecular complexity index is 180. The summed E-state index contributed by atoms with van der Waals surface area (Å²) in [6, 6.07) is 0. The molecule has 2 heterocycles. The maximum absolute atomic E-state index is 5.09. The van der Waals surface area contributed by atoms with Gasteiger partial charge in [-0.15, -0.1) is 0 Å². The van der Waals surface area contributed by atoms with E-state index in [9.17, 15) is 0 Å². The van der Waals surface area contributed by atoms with Crippen LogP contribution in [-0.4, -0.2) is 18.9 Å². The minimum absolute atomic E-state index is 0.317. The van der Waals surface area contributed by atoms with Gasteiger partial charge in [0.1, 0.15) is 16.7 Å². The maximum atomic E-state index is 5.09. The fraction of sp³-hybridized carbons (Fsp3) is 1.00. The summed E-state index contributed by atoms with van der Waals surface area (Å²) in [5, 5.41) is 0. The van der Waals surface area contributed by atoms with E-state index in [1.54, 1.807) is 0 Å². The Balaban J connectivity index is 1.81. The zero-order chi connectivity index (χ0) is 6.81. The Morgan fingerprint density at radius 1 is 1.80 bits per heavy atom. The fourth-order valence-corrected chi connectivity index (χ4v) is 4.30. The zero-order valence-electron chi connectivity index (χ0n) is 5.14. The summed E-state index contributed by atoms with van der Waals surface area (Å²) in [7, 11) is 1.56. The monoisotopic (exact) mass is 193 g/mol. The van der Waals surface area contributed by atoms with Crippen molar-refractivity contribution >= 4 is 25.3 Å². The summed E-state index contributed by atoms with van der Waals surface area (Å²) >= 11 is 0. The fourth-order valence-electron chi connectivity index (χ4n) is 0.621. The van der Waals surface area contributed by atoms with Crippen molar-refractivity contribution in [1.29, 1.82) is 0 Å². The summed E-state index contributed by atoms with van der Waals surface area (Å²) < 4.78 is 13.4. The molecule has 0 aromatic carbocycles. The lowest BCUT2D eigenvalue weighted by Gasteiger charge is -2.08. The molecule has 2 rings (SSSR count). The molecule has 0 aliphatic carbocycles. The molecule has 2 atom stereocenters. The highest BCUT2D eigenvalue weighted by Gasteiger charge is 2.26. The van der Waals surface area contributed by atoms with E-state index < -0.39 is 0 Å². The van der Waals surface area contributed by atoms with E-state index in [0.717, 1.165) is 29.8 Å². The summed E-state index contributed by atoms with van der Waals surface area (Å²) in [5.74, 6) is 0. The number of hydrogen-bond donors (Lipinski definition) is 1. The molecule has 1 saturated heterocycles. The highest BCUT2D eigenvalue weighted by molar-refractivity contribution is 7.67. The van der Waals surface area contributed by atoms with E-state index in [2.05, 4.69) is 13.9 Å². The second-order valence-corrected chi connectivity index (χ2v) is 5.78. The van der Waals surface area contributed by atoms with Crippen LogP contribution in [0.15, 0.2) is 9.03 Å². The van der Waals surface area contributed by atoms with Gasteiger partial charge in [0, 0.05) is 6.16 Å². The van der Waals surface area contributed by atoms with Gasteiger partial charge in [0.15, 0.2) is 8.52 Å². The highest BCUT2D eigenvalue weighted by Crippen LogP contribution is 2.45. The van der Waals surface area contributed by atoms with Gasteiger partial charge in [-0.25, -0.2) is 9.37 Å². The number of epoxide rings is 1. The first-order valence-electron chi connectivity index (χ1n) is 2.90. The summed E-state index contributed by atoms with van der Waals surface area (Å²) in [4.78, 5) is 3.21. The third-order valence-electron chi connectivity index (χ3n) is 1.17. The van der Waals surface area contributed by atoms with Crippen LogP contribution in [0.2, 0.25) is 0 Å². The van der Waals surface area contributed by atoms with Gasteiger partial charge in [0.25, 0.3) is 0 Å². The van der Waals surface area contributed by atoms with Gasteiger partial charge >= 0.3 is 0 Å². The molecule has 0 radical (unpaired) electrons. The van der Waals surface area contributed by atoms with Gasteiger partial charge in [0.2, 0.25) is 0 Å². The lowest BCUT2D eigenvalue weighted by Crippen LogP contribution is -1.99. The standard InChI is InChI=1S/C3H6N3OP3/c1-3(7-1)2-10-5-8-4-9-6-10/h3H,1-2H2,(H,4,5,6). The van der Waals surface area contributed by atoms with E-state index >= 15 is 0 Å². The molecule has 0 bridgehead atoms. The minimum Gasteiger partial charge on any atom is -0.373 e. The molecule has 1 fully saturated rings. The predicted molar refractivity (Wildman–Crippen MR) is 43.4 cm³/mol. The highest BCUT2D eigenvalue weighted by atomic mass is 31.2. The molecule has 1 N–H and O–H groups in total. The Morgan fingerprint density at radius 2 is 2.70 bits per heavy atom. The van der Waals surface area contributed by atoms with Crippen molar-refractivity contribution in [2.24, 2.45) is 9.03 Å². The molecule has 2 aliphatic heterocycles. The molecule has 54 valence electrons. The minimum atomic E-state index is -0.317. The van der Waals surface area contributed by atoms with Gasteiger partial charge in [-0.1, -0.05) is 0 Å². The third-order valence-corrected chi connectivity index (χ3v) is 5.07. The molecule has 0 aromatic rings. The normalized spacial score (nSPS) is 39.6. The Hall–Kier alpha value is 0.550. The van der Waals surface area contributed by atoms with E-state index in [-0.39, 0.29) is 8.22 Å². The molecule has 4 nitrogen and oxygen atoms in total. The number of hydrogen-bond acceptors (Lipinski definition) is 4. The van der Waals surface area contributed by atoms with Crippen molar-refractivity contribution in [3.8, 4) is 0 Å². The van der Waals surface area contributed by atoms with Crippen LogP contribution in [0.3, 0.4) is 0 Å². The van der Waals surface area contributed by atoms with Crippen molar-refractivity contribution in [2.75, 3.05) is 12.8 Å². The lowest BCUT2D eigenvalue weighted by atomic mass is 10.6. The summed E-state index contributed by atoms with van der Waals surface area (Å²) in [6.45, 7) is 0.932. The van der Waals surface area contributed by atoms with Crippen LogP contribution >= 0.6 is 25.3 Å². The van der Waals surface area contributed by atoms with Crippen molar-refractivity contribution in [2.45, 2.75) is 6.10 Å². The van der Waals surface area contributed by atoms with Crippen molar-refractivity contribution in [3.63, 3.8) is 0 Å². The predicted octanol–water partition coefficient (Wildman–Crippen LogP) is 2.39. The topological polar surface area (TPSA) is 49.3 Å². The molecule has 0 aromatic heterocycles. The first-order valence-corrected chi connectivity index (χ1v) is 6.03. The molecule has 2 aliphatic rings. The van der Waals surface area contributed by atoms with Crippen LogP contribution in [0.25, 0.3) is 0 Å². The van der Waals surface area contributed by atoms with E-state index in [0.29, 0.717) is 6.10 Å². The summed E-state index contributed by atoms with van der Waals surface area (Å²) in [6.07, 6.45) is 1.57. The molecule has 0 saturated carbocycles. The molecule has 2 unspecified atom stereocenters. The van der Waals surface area contributed by atoms with Crippen LogP contribution in [0.5, 0.6) is 0 Å². The van der Waals surface area contributed by atoms with Crippen LogP contribution < -0.4 is 4.86 Å². The van der Waals surface area contributed by atoms with Crippen molar-refractivity contribution in [3.05, 3.63) is 0 Å². The van der Waals surface area contributed by atoms with Crippen LogP contribution in [-0.2, 0) is 4.74 Å². The van der Waals surface area contributed by atoms with Gasteiger partial charge in [0.05, 0.1) is 12.7 Å². The first-order chi connectivity index (χ1) is 4.95. The third kappa shape index (κ3) is 2.02. The second kappa shape index (κ2) is 3.30. The average Bonchev–Trinajstić information content (AvgIpc) is 2.74. The molecular formula is C3H6N3OP3. The number of ether oxygens (including phenoxy) is 1. The summed E-state index contributed by atoms with van der Waals surface area (Å²) in [5.41, 5.74) is 0. The number of nitrogens with one attached hydrogen (secondary N) is 1.